The van der Waals surface area contributed by atoms with Crippen molar-refractivity contribution in [3.8, 4) is 0 Å². The standard InChI is InChI=1S/C15H26N2O/c1-13-7-4-5-8-15(13)17(11-6-10-16)14(2)9-12-18-3/h4-5,7-8,14H,6,9-12,16H2,1-3H3. The Balaban J connectivity index is 2.80. The number of aryl methyl sites for hydroxylation is 1. The number of benzene rings is 1. The third kappa shape index (κ3) is 4.31. The van der Waals surface area contributed by atoms with Gasteiger partial charge in [0.05, 0.1) is 0 Å². The van der Waals surface area contributed by atoms with Gasteiger partial charge in [-0.1, -0.05) is 18.2 Å². The van der Waals surface area contributed by atoms with E-state index in [0.717, 1.165) is 32.5 Å². The molecule has 1 unspecified atom stereocenters. The zero-order valence-corrected chi connectivity index (χ0v) is 11.9. The maximum absolute atomic E-state index is 5.64. The summed E-state index contributed by atoms with van der Waals surface area (Å²) in [6.45, 7) is 6.95. The summed E-state index contributed by atoms with van der Waals surface area (Å²) in [4.78, 5) is 2.45. The molecule has 18 heavy (non-hydrogen) atoms. The first kappa shape index (κ1) is 15.0. The maximum Gasteiger partial charge on any atom is 0.0481 e. The minimum atomic E-state index is 0.470. The minimum Gasteiger partial charge on any atom is -0.385 e. The van der Waals surface area contributed by atoms with Gasteiger partial charge < -0.3 is 15.4 Å². The molecule has 0 aliphatic carbocycles. The maximum atomic E-state index is 5.64. The van der Waals surface area contributed by atoms with Gasteiger partial charge in [0.1, 0.15) is 0 Å². The van der Waals surface area contributed by atoms with E-state index in [1.54, 1.807) is 7.11 Å². The molecular formula is C15H26N2O. The molecule has 2 N–H and O–H groups in total. The van der Waals surface area contributed by atoms with Crippen LogP contribution < -0.4 is 10.6 Å². The highest BCUT2D eigenvalue weighted by atomic mass is 16.5. The monoisotopic (exact) mass is 250 g/mol. The van der Waals surface area contributed by atoms with Gasteiger partial charge in [0, 0.05) is 32.0 Å². The predicted molar refractivity (Wildman–Crippen MR) is 78.2 cm³/mol. The number of nitrogens with zero attached hydrogens (tertiary/aromatic N) is 1. The molecule has 0 saturated heterocycles. The Hall–Kier alpha value is -1.06. The largest absolute Gasteiger partial charge is 0.385 e. The molecule has 0 spiro atoms. The first-order valence-corrected chi connectivity index (χ1v) is 6.72. The zero-order valence-electron chi connectivity index (χ0n) is 11.9. The van der Waals surface area contributed by atoms with Gasteiger partial charge in [0.2, 0.25) is 0 Å². The Kier molecular flexibility index (Phi) is 6.76. The van der Waals surface area contributed by atoms with Crippen LogP contribution in [0.25, 0.3) is 0 Å². The van der Waals surface area contributed by atoms with Crippen LogP contribution in [0.2, 0.25) is 0 Å². The highest BCUT2D eigenvalue weighted by Crippen LogP contribution is 2.23. The van der Waals surface area contributed by atoms with Crippen LogP contribution in [0, 0.1) is 6.92 Å². The Morgan fingerprint density at radius 2 is 2.06 bits per heavy atom. The van der Waals surface area contributed by atoms with Gasteiger partial charge in [-0.15, -0.1) is 0 Å². The van der Waals surface area contributed by atoms with Crippen LogP contribution in [0.4, 0.5) is 5.69 Å². The molecule has 0 aliphatic rings. The molecule has 0 radical (unpaired) electrons. The summed E-state index contributed by atoms with van der Waals surface area (Å²) in [6, 6.07) is 9.00. The molecule has 102 valence electrons. The summed E-state index contributed by atoms with van der Waals surface area (Å²) in [5.74, 6) is 0. The fourth-order valence-corrected chi connectivity index (χ4v) is 2.17. The molecule has 0 saturated carbocycles. The van der Waals surface area contributed by atoms with Gasteiger partial charge in [-0.3, -0.25) is 0 Å². The topological polar surface area (TPSA) is 38.5 Å². The van der Waals surface area contributed by atoms with Gasteiger partial charge in [0.25, 0.3) is 0 Å². The summed E-state index contributed by atoms with van der Waals surface area (Å²) in [6.07, 6.45) is 2.06. The highest BCUT2D eigenvalue weighted by Gasteiger charge is 2.15. The summed E-state index contributed by atoms with van der Waals surface area (Å²) in [5, 5.41) is 0. The van der Waals surface area contributed by atoms with E-state index in [1.807, 2.05) is 0 Å². The lowest BCUT2D eigenvalue weighted by Crippen LogP contribution is -2.36. The fourth-order valence-electron chi connectivity index (χ4n) is 2.17. The molecule has 0 aliphatic heterocycles. The van der Waals surface area contributed by atoms with E-state index in [2.05, 4.69) is 43.0 Å². The van der Waals surface area contributed by atoms with Gasteiger partial charge in [-0.05, 0) is 44.9 Å². The molecule has 1 aromatic rings. The number of anilines is 1. The Morgan fingerprint density at radius 3 is 2.67 bits per heavy atom. The van der Waals surface area contributed by atoms with Gasteiger partial charge in [-0.2, -0.15) is 0 Å². The van der Waals surface area contributed by atoms with Crippen molar-refractivity contribution in [1.82, 2.24) is 0 Å². The first-order valence-electron chi connectivity index (χ1n) is 6.72. The first-order chi connectivity index (χ1) is 8.70. The van der Waals surface area contributed by atoms with E-state index >= 15 is 0 Å². The summed E-state index contributed by atoms with van der Waals surface area (Å²) in [5.41, 5.74) is 8.27. The minimum absolute atomic E-state index is 0.470. The Labute approximate surface area is 111 Å². The fraction of sp³-hybridized carbons (Fsp3) is 0.600. The number of hydrogen-bond donors (Lipinski definition) is 1. The smallest absolute Gasteiger partial charge is 0.0481 e. The van der Waals surface area contributed by atoms with Crippen molar-refractivity contribution in [2.75, 3.05) is 31.7 Å². The molecule has 0 amide bonds. The molecule has 0 fully saturated rings. The van der Waals surface area contributed by atoms with Crippen molar-refractivity contribution in [3.63, 3.8) is 0 Å². The second kappa shape index (κ2) is 8.11. The summed E-state index contributed by atoms with van der Waals surface area (Å²) >= 11 is 0. The van der Waals surface area contributed by atoms with Crippen LogP contribution in [-0.2, 0) is 4.74 Å². The average Bonchev–Trinajstić information content (AvgIpc) is 2.38. The van der Waals surface area contributed by atoms with E-state index in [4.69, 9.17) is 10.5 Å². The van der Waals surface area contributed by atoms with Crippen LogP contribution in [0.15, 0.2) is 24.3 Å². The van der Waals surface area contributed by atoms with Crippen LogP contribution in [0.3, 0.4) is 0 Å². The number of para-hydroxylation sites is 1. The second-order valence-electron chi connectivity index (χ2n) is 4.75. The number of ether oxygens (including phenoxy) is 1. The normalized spacial score (nSPS) is 12.4. The molecule has 0 heterocycles. The molecule has 3 heteroatoms. The molecule has 1 aromatic carbocycles. The quantitative estimate of drug-likeness (QED) is 0.770. The number of methoxy groups -OCH3 is 1. The predicted octanol–water partition coefficient (Wildman–Crippen LogP) is 2.58. The summed E-state index contributed by atoms with van der Waals surface area (Å²) in [7, 11) is 1.75. The van der Waals surface area contributed by atoms with Crippen molar-refractivity contribution in [2.24, 2.45) is 5.73 Å². The second-order valence-corrected chi connectivity index (χ2v) is 4.75. The van der Waals surface area contributed by atoms with Crippen molar-refractivity contribution in [1.29, 1.82) is 0 Å². The SMILES string of the molecule is COCCC(C)N(CCCN)c1ccccc1C. The van der Waals surface area contributed by atoms with Crippen LogP contribution in [-0.4, -0.2) is 32.8 Å². The molecule has 1 rings (SSSR count). The molecule has 0 bridgehead atoms. The van der Waals surface area contributed by atoms with Crippen LogP contribution >= 0.6 is 0 Å². The lowest BCUT2D eigenvalue weighted by molar-refractivity contribution is 0.188. The molecular weight excluding hydrogens is 224 g/mol. The van der Waals surface area contributed by atoms with Gasteiger partial charge >= 0.3 is 0 Å². The molecule has 3 nitrogen and oxygen atoms in total. The van der Waals surface area contributed by atoms with Gasteiger partial charge in [-0.25, -0.2) is 0 Å². The highest BCUT2D eigenvalue weighted by molar-refractivity contribution is 5.53. The lowest BCUT2D eigenvalue weighted by atomic mass is 10.1. The van der Waals surface area contributed by atoms with E-state index in [9.17, 15) is 0 Å². The van der Waals surface area contributed by atoms with Crippen molar-refractivity contribution in [2.45, 2.75) is 32.7 Å². The van der Waals surface area contributed by atoms with Gasteiger partial charge in [0.15, 0.2) is 0 Å². The molecule has 0 aromatic heterocycles. The van der Waals surface area contributed by atoms with E-state index < -0.39 is 0 Å². The summed E-state index contributed by atoms with van der Waals surface area (Å²) < 4.78 is 5.18. The lowest BCUT2D eigenvalue weighted by Gasteiger charge is -2.32. The van der Waals surface area contributed by atoms with E-state index in [-0.39, 0.29) is 0 Å². The number of nitrogens with two attached hydrogens (primary N) is 1. The number of hydrogen-bond acceptors (Lipinski definition) is 3. The molecule has 1 atom stereocenters. The van der Waals surface area contributed by atoms with Crippen molar-refractivity contribution >= 4 is 5.69 Å². The number of rotatable bonds is 8. The zero-order chi connectivity index (χ0) is 13.4. The van der Waals surface area contributed by atoms with E-state index in [1.165, 1.54) is 11.3 Å². The van der Waals surface area contributed by atoms with Crippen molar-refractivity contribution in [3.05, 3.63) is 29.8 Å². The van der Waals surface area contributed by atoms with Crippen molar-refractivity contribution < 1.29 is 4.74 Å². The average molecular weight is 250 g/mol. The third-order valence-corrected chi connectivity index (χ3v) is 3.30. The van der Waals surface area contributed by atoms with Crippen LogP contribution in [0.5, 0.6) is 0 Å². The third-order valence-electron chi connectivity index (χ3n) is 3.30. The van der Waals surface area contributed by atoms with Crippen LogP contribution in [0.1, 0.15) is 25.3 Å². The Morgan fingerprint density at radius 1 is 1.33 bits per heavy atom. The Bertz CT molecular complexity index is 341. The van der Waals surface area contributed by atoms with E-state index in [0.29, 0.717) is 6.04 Å².